The van der Waals surface area contributed by atoms with E-state index in [1.807, 2.05) is 21.0 Å². The molecule has 0 bridgehead atoms. The van der Waals surface area contributed by atoms with Crippen LogP contribution >= 0.6 is 11.6 Å². The van der Waals surface area contributed by atoms with Crippen LogP contribution in [-0.4, -0.2) is 104 Å². The lowest BCUT2D eigenvalue weighted by molar-refractivity contribution is -0.124. The Bertz CT molecular complexity index is 893. The Morgan fingerprint density at radius 2 is 1.93 bits per heavy atom. The van der Waals surface area contributed by atoms with E-state index in [1.165, 1.54) is 19.3 Å². The van der Waals surface area contributed by atoms with Crippen molar-refractivity contribution in [1.29, 1.82) is 5.26 Å². The molecule has 2 aliphatic heterocycles. The van der Waals surface area contributed by atoms with E-state index in [0.29, 0.717) is 25.6 Å². The highest BCUT2D eigenvalue weighted by Crippen LogP contribution is 2.37. The average molecular weight is 608 g/mol. The maximum absolute atomic E-state index is 12.9. The van der Waals surface area contributed by atoms with Gasteiger partial charge in [-0.2, -0.15) is 5.26 Å². The monoisotopic (exact) mass is 607 g/mol. The number of carbonyl (C=O) groups is 1. The Kier molecular flexibility index (Phi) is 12.8. The first-order valence-corrected chi connectivity index (χ1v) is 17.1. The van der Waals surface area contributed by atoms with E-state index in [-0.39, 0.29) is 65.0 Å². The van der Waals surface area contributed by atoms with Gasteiger partial charge in [-0.1, -0.05) is 6.42 Å². The van der Waals surface area contributed by atoms with Crippen LogP contribution in [0.15, 0.2) is 0 Å². The summed E-state index contributed by atoms with van der Waals surface area (Å²) in [5.41, 5.74) is -0.00222. The molecule has 2 saturated carbocycles. The highest BCUT2D eigenvalue weighted by atomic mass is 35.5. The standard InChI is InChI=1S/C32H58ClN7O2/c1-6-42-28-18-26-23(17-27(28)38-30(41)11-9-15-40(4)5)31(21(19-34)20-36-26)37-22-12-13-25(24(33)16-22)39-32(2,3)29-10-7-8-14-35-29/h21-29,31,35-37,39H,6-18,20H2,1-5H3,(H,38,41). The predicted molar refractivity (Wildman–Crippen MR) is 170 cm³/mol. The van der Waals surface area contributed by atoms with E-state index >= 15 is 0 Å². The molecular weight excluding hydrogens is 550 g/mol. The summed E-state index contributed by atoms with van der Waals surface area (Å²) < 4.78 is 6.16. The molecule has 0 aromatic carbocycles. The van der Waals surface area contributed by atoms with E-state index in [0.717, 1.165) is 51.6 Å². The Morgan fingerprint density at radius 1 is 1.12 bits per heavy atom. The molecule has 4 fully saturated rings. The van der Waals surface area contributed by atoms with Gasteiger partial charge in [0.15, 0.2) is 0 Å². The first kappa shape index (κ1) is 33.9. The molecule has 1 amide bonds. The molecule has 2 heterocycles. The topological polar surface area (TPSA) is 113 Å². The number of halogens is 1. The minimum absolute atomic E-state index is 0.00222. The lowest BCUT2D eigenvalue weighted by atomic mass is 9.69. The zero-order chi connectivity index (χ0) is 30.3. The van der Waals surface area contributed by atoms with Crippen molar-refractivity contribution in [2.24, 2.45) is 11.8 Å². The van der Waals surface area contributed by atoms with Gasteiger partial charge in [0.1, 0.15) is 0 Å². The molecule has 42 heavy (non-hydrogen) atoms. The number of ether oxygens (including phenoxy) is 1. The summed E-state index contributed by atoms with van der Waals surface area (Å²) in [6.07, 6.45) is 9.70. The van der Waals surface area contributed by atoms with E-state index in [1.54, 1.807) is 0 Å². The maximum atomic E-state index is 12.9. The van der Waals surface area contributed by atoms with Crippen molar-refractivity contribution >= 4 is 17.5 Å². The van der Waals surface area contributed by atoms with Crippen LogP contribution in [0, 0.1) is 23.2 Å². The van der Waals surface area contributed by atoms with Gasteiger partial charge in [-0.15, -0.1) is 11.6 Å². The van der Waals surface area contributed by atoms with Gasteiger partial charge >= 0.3 is 0 Å². The summed E-state index contributed by atoms with van der Waals surface area (Å²) in [6, 6.07) is 3.92. The number of carbonyl (C=O) groups excluding carboxylic acids is 1. The van der Waals surface area contributed by atoms with E-state index in [2.05, 4.69) is 51.4 Å². The van der Waals surface area contributed by atoms with Gasteiger partial charge in [-0.3, -0.25) is 4.79 Å². The van der Waals surface area contributed by atoms with Crippen molar-refractivity contribution < 1.29 is 9.53 Å². The molecule has 0 aromatic rings. The minimum Gasteiger partial charge on any atom is -0.376 e. The molecule has 10 heteroatoms. The second-order valence-corrected chi connectivity index (χ2v) is 14.7. The summed E-state index contributed by atoms with van der Waals surface area (Å²) in [6.45, 7) is 9.94. The first-order chi connectivity index (χ1) is 20.1. The lowest BCUT2D eigenvalue weighted by Gasteiger charge is -2.50. The van der Waals surface area contributed by atoms with Crippen LogP contribution in [0.25, 0.3) is 0 Å². The second kappa shape index (κ2) is 15.8. The van der Waals surface area contributed by atoms with Gasteiger partial charge in [-0.05, 0) is 105 Å². The normalized spacial score (nSPS) is 37.6. The molecule has 10 atom stereocenters. The van der Waals surface area contributed by atoms with Crippen LogP contribution in [0.2, 0.25) is 0 Å². The third-order valence-electron chi connectivity index (χ3n) is 10.3. The number of rotatable bonds is 12. The molecule has 0 aromatic heterocycles. The average Bonchev–Trinajstić information content (AvgIpc) is 2.95. The molecule has 10 unspecified atom stereocenters. The Labute approximate surface area is 260 Å². The van der Waals surface area contributed by atoms with E-state index in [4.69, 9.17) is 16.3 Å². The number of nitrogens with zero attached hydrogens (tertiary/aromatic N) is 2. The molecule has 240 valence electrons. The Hall–Kier alpha value is -0.990. The van der Waals surface area contributed by atoms with Crippen molar-refractivity contribution in [3.8, 4) is 6.07 Å². The number of nitriles is 1. The fourth-order valence-electron chi connectivity index (χ4n) is 8.03. The molecule has 2 saturated heterocycles. The second-order valence-electron chi connectivity index (χ2n) is 14.2. The third kappa shape index (κ3) is 9.03. The van der Waals surface area contributed by atoms with Crippen molar-refractivity contribution in [2.45, 2.75) is 138 Å². The molecule has 5 N–H and O–H groups in total. The van der Waals surface area contributed by atoms with Crippen LogP contribution in [0.4, 0.5) is 0 Å². The van der Waals surface area contributed by atoms with Gasteiger partial charge in [0, 0.05) is 55.3 Å². The van der Waals surface area contributed by atoms with Crippen LogP contribution < -0.4 is 26.6 Å². The number of fused-ring (bicyclic) bond motifs is 1. The zero-order valence-corrected chi connectivity index (χ0v) is 27.5. The number of hydrogen-bond acceptors (Lipinski definition) is 8. The summed E-state index contributed by atoms with van der Waals surface area (Å²) in [4.78, 5) is 15.0. The van der Waals surface area contributed by atoms with Crippen molar-refractivity contribution in [3.63, 3.8) is 0 Å². The SMILES string of the molecule is CCOC1CC2NCC(C#N)C(NC3CCC(NC(C)(C)C4CCCCN4)C(Cl)C3)C2CC1NC(=O)CCCN(C)C. The number of amides is 1. The Morgan fingerprint density at radius 3 is 2.60 bits per heavy atom. The van der Waals surface area contributed by atoms with Crippen molar-refractivity contribution in [1.82, 2.24) is 31.5 Å². The number of alkyl halides is 1. The summed E-state index contributed by atoms with van der Waals surface area (Å²) in [5.74, 6) is 0.220. The van der Waals surface area contributed by atoms with Crippen LogP contribution in [0.3, 0.4) is 0 Å². The maximum Gasteiger partial charge on any atom is 0.220 e. The van der Waals surface area contributed by atoms with Crippen molar-refractivity contribution in [3.05, 3.63) is 0 Å². The van der Waals surface area contributed by atoms with Crippen molar-refractivity contribution in [2.75, 3.05) is 40.3 Å². The number of nitrogens with one attached hydrogen (secondary N) is 5. The van der Waals surface area contributed by atoms with Gasteiger partial charge in [-0.25, -0.2) is 0 Å². The highest BCUT2D eigenvalue weighted by Gasteiger charge is 2.48. The van der Waals surface area contributed by atoms with Crippen LogP contribution in [-0.2, 0) is 9.53 Å². The van der Waals surface area contributed by atoms with Gasteiger partial charge < -0.3 is 36.2 Å². The first-order valence-electron chi connectivity index (χ1n) is 16.7. The molecular formula is C32H58ClN7O2. The van der Waals surface area contributed by atoms with Crippen LogP contribution in [0.5, 0.6) is 0 Å². The molecule has 0 radical (unpaired) electrons. The summed E-state index contributed by atoms with van der Waals surface area (Å²) >= 11 is 7.08. The summed E-state index contributed by atoms with van der Waals surface area (Å²) in [5, 5.41) is 28.8. The number of piperidine rings is 2. The lowest BCUT2D eigenvalue weighted by Crippen LogP contribution is -2.66. The number of hydrogen-bond donors (Lipinski definition) is 5. The third-order valence-corrected chi connectivity index (χ3v) is 10.8. The largest absolute Gasteiger partial charge is 0.376 e. The molecule has 9 nitrogen and oxygen atoms in total. The fourth-order valence-corrected chi connectivity index (χ4v) is 8.44. The summed E-state index contributed by atoms with van der Waals surface area (Å²) in [7, 11) is 4.06. The highest BCUT2D eigenvalue weighted by molar-refractivity contribution is 6.21. The molecule has 0 spiro atoms. The smallest absolute Gasteiger partial charge is 0.220 e. The van der Waals surface area contributed by atoms with Gasteiger partial charge in [0.2, 0.25) is 5.91 Å². The van der Waals surface area contributed by atoms with Crippen LogP contribution in [0.1, 0.15) is 85.0 Å². The molecule has 4 aliphatic rings. The minimum atomic E-state index is -0.118. The zero-order valence-electron chi connectivity index (χ0n) is 26.8. The molecule has 2 aliphatic carbocycles. The predicted octanol–water partition coefficient (Wildman–Crippen LogP) is 2.74. The fraction of sp³-hybridized carbons (Fsp3) is 0.938. The van der Waals surface area contributed by atoms with E-state index in [9.17, 15) is 10.1 Å². The molecule has 4 rings (SSSR count). The van der Waals surface area contributed by atoms with Gasteiger partial charge in [0.05, 0.1) is 29.5 Å². The van der Waals surface area contributed by atoms with E-state index < -0.39 is 0 Å². The quantitative estimate of drug-likeness (QED) is 0.215. The van der Waals surface area contributed by atoms with Gasteiger partial charge in [0.25, 0.3) is 0 Å². The Balaban J connectivity index is 1.37.